The fraction of sp³-hybridized carbons (Fsp3) is 0.625. The molecule has 2 heteroatoms. The Labute approximate surface area is 111 Å². The highest BCUT2D eigenvalue weighted by Crippen LogP contribution is 2.12. The number of nitrogens with one attached hydrogen (secondary N) is 1. The lowest BCUT2D eigenvalue weighted by atomic mass is 10.0. The zero-order valence-corrected chi connectivity index (χ0v) is 11.4. The predicted molar refractivity (Wildman–Crippen MR) is 75.8 cm³/mol. The summed E-state index contributed by atoms with van der Waals surface area (Å²) in [6, 6.07) is 11.3. The van der Waals surface area contributed by atoms with Gasteiger partial charge in [0.25, 0.3) is 0 Å². The molecule has 1 aromatic rings. The minimum atomic E-state index is 0.434. The molecule has 18 heavy (non-hydrogen) atoms. The summed E-state index contributed by atoms with van der Waals surface area (Å²) in [5.74, 6) is 0. The number of benzene rings is 1. The third kappa shape index (κ3) is 4.43. The van der Waals surface area contributed by atoms with Crippen LogP contribution in [0.25, 0.3) is 0 Å². The van der Waals surface area contributed by atoms with Crippen LogP contribution in [-0.2, 0) is 11.2 Å². The Morgan fingerprint density at radius 1 is 1.28 bits per heavy atom. The Bertz CT molecular complexity index is 319. The molecule has 1 saturated heterocycles. The van der Waals surface area contributed by atoms with E-state index in [1.54, 1.807) is 0 Å². The summed E-state index contributed by atoms with van der Waals surface area (Å²) in [5, 5.41) is 3.66. The van der Waals surface area contributed by atoms with Crippen LogP contribution >= 0.6 is 0 Å². The second kappa shape index (κ2) is 7.55. The molecule has 2 unspecified atom stereocenters. The van der Waals surface area contributed by atoms with Gasteiger partial charge in [-0.05, 0) is 37.7 Å². The highest BCUT2D eigenvalue weighted by Gasteiger charge is 2.15. The van der Waals surface area contributed by atoms with Gasteiger partial charge in [-0.25, -0.2) is 0 Å². The van der Waals surface area contributed by atoms with Crippen LogP contribution in [0.2, 0.25) is 0 Å². The van der Waals surface area contributed by atoms with Gasteiger partial charge in [0, 0.05) is 19.2 Å². The van der Waals surface area contributed by atoms with Crippen molar-refractivity contribution in [3.05, 3.63) is 35.9 Å². The first-order valence-electron chi connectivity index (χ1n) is 7.27. The van der Waals surface area contributed by atoms with Crippen molar-refractivity contribution in [2.75, 3.05) is 13.2 Å². The minimum absolute atomic E-state index is 0.434. The van der Waals surface area contributed by atoms with Crippen LogP contribution < -0.4 is 5.32 Å². The van der Waals surface area contributed by atoms with Gasteiger partial charge in [-0.15, -0.1) is 0 Å². The van der Waals surface area contributed by atoms with E-state index in [1.165, 1.54) is 31.2 Å². The Morgan fingerprint density at radius 2 is 2.11 bits per heavy atom. The van der Waals surface area contributed by atoms with Crippen LogP contribution in [0, 0.1) is 0 Å². The zero-order chi connectivity index (χ0) is 12.6. The van der Waals surface area contributed by atoms with E-state index in [4.69, 9.17) is 4.74 Å². The van der Waals surface area contributed by atoms with E-state index < -0.39 is 0 Å². The van der Waals surface area contributed by atoms with E-state index in [0.717, 1.165) is 19.6 Å². The third-order valence-electron chi connectivity index (χ3n) is 3.73. The molecule has 1 aliphatic heterocycles. The average Bonchev–Trinajstić information content (AvgIpc) is 2.45. The van der Waals surface area contributed by atoms with E-state index in [2.05, 4.69) is 42.6 Å². The van der Waals surface area contributed by atoms with Crippen LogP contribution in [0.1, 0.15) is 38.2 Å². The van der Waals surface area contributed by atoms with Crippen LogP contribution in [0.5, 0.6) is 0 Å². The Balaban J connectivity index is 1.75. The van der Waals surface area contributed by atoms with Crippen LogP contribution in [0.4, 0.5) is 0 Å². The predicted octanol–water partition coefficient (Wildman–Crippen LogP) is 3.17. The lowest BCUT2D eigenvalue weighted by Gasteiger charge is -2.25. The summed E-state index contributed by atoms with van der Waals surface area (Å²) in [6.07, 6.45) is 6.49. The van der Waals surface area contributed by atoms with Gasteiger partial charge < -0.3 is 10.1 Å². The first-order valence-corrected chi connectivity index (χ1v) is 7.27. The van der Waals surface area contributed by atoms with E-state index in [1.807, 2.05) is 0 Å². The molecule has 2 rings (SSSR count). The van der Waals surface area contributed by atoms with E-state index in [9.17, 15) is 0 Å². The summed E-state index contributed by atoms with van der Waals surface area (Å²) in [7, 11) is 0. The van der Waals surface area contributed by atoms with E-state index >= 15 is 0 Å². The molecule has 100 valence electrons. The Hall–Kier alpha value is -0.860. The van der Waals surface area contributed by atoms with Gasteiger partial charge in [0.2, 0.25) is 0 Å². The molecule has 1 aliphatic rings. The van der Waals surface area contributed by atoms with Crippen LogP contribution in [0.3, 0.4) is 0 Å². The van der Waals surface area contributed by atoms with Crippen molar-refractivity contribution in [2.45, 2.75) is 51.2 Å². The summed E-state index contributed by atoms with van der Waals surface area (Å²) in [6.45, 7) is 4.20. The third-order valence-corrected chi connectivity index (χ3v) is 3.73. The maximum atomic E-state index is 5.76. The molecule has 1 fully saturated rings. The van der Waals surface area contributed by atoms with Crippen molar-refractivity contribution in [3.63, 3.8) is 0 Å². The van der Waals surface area contributed by atoms with Gasteiger partial charge in [-0.1, -0.05) is 37.3 Å². The topological polar surface area (TPSA) is 21.3 Å². The molecule has 0 radical (unpaired) electrons. The maximum Gasteiger partial charge on any atom is 0.0699 e. The highest BCUT2D eigenvalue weighted by atomic mass is 16.5. The molecule has 0 saturated carbocycles. The average molecular weight is 247 g/mol. The fourth-order valence-electron chi connectivity index (χ4n) is 2.53. The van der Waals surface area contributed by atoms with Crippen LogP contribution in [-0.4, -0.2) is 25.3 Å². The number of rotatable bonds is 6. The molecule has 2 nitrogen and oxygen atoms in total. The summed E-state index contributed by atoms with van der Waals surface area (Å²) in [4.78, 5) is 0. The lowest BCUT2D eigenvalue weighted by Crippen LogP contribution is -2.38. The number of hydrogen-bond donors (Lipinski definition) is 1. The molecule has 0 bridgehead atoms. The van der Waals surface area contributed by atoms with Crippen LogP contribution in [0.15, 0.2) is 30.3 Å². The number of ether oxygens (including phenoxy) is 1. The SMILES string of the molecule is CCC(Cc1ccccc1)NCC1CCCCO1. The molecule has 1 aromatic carbocycles. The van der Waals surface area contributed by atoms with Gasteiger partial charge in [0.1, 0.15) is 0 Å². The fourth-order valence-corrected chi connectivity index (χ4v) is 2.53. The van der Waals surface area contributed by atoms with Crippen molar-refractivity contribution in [1.82, 2.24) is 5.32 Å². The lowest BCUT2D eigenvalue weighted by molar-refractivity contribution is 0.0153. The van der Waals surface area contributed by atoms with Crippen molar-refractivity contribution in [3.8, 4) is 0 Å². The standard InChI is InChI=1S/C16H25NO/c1-2-15(12-14-8-4-3-5-9-14)17-13-16-10-6-7-11-18-16/h3-5,8-9,15-17H,2,6-7,10-13H2,1H3. The Morgan fingerprint density at radius 3 is 2.78 bits per heavy atom. The normalized spacial score (nSPS) is 21.7. The van der Waals surface area contributed by atoms with Crippen molar-refractivity contribution in [2.24, 2.45) is 0 Å². The first-order chi connectivity index (χ1) is 8.88. The zero-order valence-electron chi connectivity index (χ0n) is 11.4. The minimum Gasteiger partial charge on any atom is -0.377 e. The van der Waals surface area contributed by atoms with E-state index in [0.29, 0.717) is 12.1 Å². The molecule has 1 N–H and O–H groups in total. The molecule has 0 amide bonds. The van der Waals surface area contributed by atoms with Gasteiger partial charge in [-0.3, -0.25) is 0 Å². The largest absolute Gasteiger partial charge is 0.377 e. The van der Waals surface area contributed by atoms with Gasteiger partial charge >= 0.3 is 0 Å². The quantitative estimate of drug-likeness (QED) is 0.833. The maximum absolute atomic E-state index is 5.76. The summed E-state index contributed by atoms with van der Waals surface area (Å²) < 4.78 is 5.76. The van der Waals surface area contributed by atoms with Crippen molar-refractivity contribution >= 4 is 0 Å². The van der Waals surface area contributed by atoms with Gasteiger partial charge in [-0.2, -0.15) is 0 Å². The molecular formula is C16H25NO. The highest BCUT2D eigenvalue weighted by molar-refractivity contribution is 5.15. The van der Waals surface area contributed by atoms with Crippen molar-refractivity contribution < 1.29 is 4.74 Å². The molecule has 1 heterocycles. The first kappa shape index (κ1) is 13.6. The smallest absolute Gasteiger partial charge is 0.0699 e. The monoisotopic (exact) mass is 247 g/mol. The van der Waals surface area contributed by atoms with Crippen molar-refractivity contribution in [1.29, 1.82) is 0 Å². The summed E-state index contributed by atoms with van der Waals surface area (Å²) in [5.41, 5.74) is 1.42. The number of hydrogen-bond acceptors (Lipinski definition) is 2. The molecule has 2 atom stereocenters. The second-order valence-electron chi connectivity index (χ2n) is 5.19. The molecule has 0 aromatic heterocycles. The van der Waals surface area contributed by atoms with Gasteiger partial charge in [0.15, 0.2) is 0 Å². The van der Waals surface area contributed by atoms with E-state index in [-0.39, 0.29) is 0 Å². The Kier molecular flexibility index (Phi) is 5.69. The second-order valence-corrected chi connectivity index (χ2v) is 5.19. The van der Waals surface area contributed by atoms with Gasteiger partial charge in [0.05, 0.1) is 6.10 Å². The molecular weight excluding hydrogens is 222 g/mol. The molecule has 0 spiro atoms. The summed E-state index contributed by atoms with van der Waals surface area (Å²) >= 11 is 0. The molecule has 0 aliphatic carbocycles.